The maximum atomic E-state index is 6.46. The number of hydrogen-bond donors (Lipinski definition) is 0. The fourth-order valence-electron chi connectivity index (χ4n) is 3.12. The van der Waals surface area contributed by atoms with Crippen LogP contribution in [-0.4, -0.2) is 8.32 Å². The molecule has 0 atom stereocenters. The second kappa shape index (κ2) is 5.51. The molecule has 2 nitrogen and oxygen atoms in total. The summed E-state index contributed by atoms with van der Waals surface area (Å²) in [7, 11) is -1.87. The molecular formula is C15H28O2Si. The second-order valence-electron chi connectivity index (χ2n) is 6.22. The first-order valence-electron chi connectivity index (χ1n) is 6.97. The van der Waals surface area contributed by atoms with Crippen LogP contribution in [0.15, 0.2) is 10.5 Å². The van der Waals surface area contributed by atoms with Crippen molar-refractivity contribution in [2.45, 2.75) is 72.0 Å². The van der Waals surface area contributed by atoms with E-state index in [4.69, 9.17) is 8.84 Å². The highest BCUT2D eigenvalue weighted by Crippen LogP contribution is 2.43. The Morgan fingerprint density at radius 2 is 1.39 bits per heavy atom. The van der Waals surface area contributed by atoms with Crippen LogP contribution in [0.4, 0.5) is 0 Å². The molecule has 0 unspecified atom stereocenters. The van der Waals surface area contributed by atoms with Crippen molar-refractivity contribution < 1.29 is 8.84 Å². The SMILES string of the molecule is Cc1cc(O[Si](C(C)C)(C(C)C)C(C)C)oc1C. The molecule has 18 heavy (non-hydrogen) atoms. The first-order chi connectivity index (χ1) is 8.21. The zero-order chi connectivity index (χ0) is 14.1. The molecule has 0 radical (unpaired) electrons. The van der Waals surface area contributed by atoms with Gasteiger partial charge < -0.3 is 8.84 Å². The van der Waals surface area contributed by atoms with Crippen molar-refractivity contribution >= 4 is 8.32 Å². The predicted molar refractivity (Wildman–Crippen MR) is 79.9 cm³/mol. The maximum absolute atomic E-state index is 6.46. The van der Waals surface area contributed by atoms with Crippen molar-refractivity contribution in [1.29, 1.82) is 0 Å². The monoisotopic (exact) mass is 268 g/mol. The van der Waals surface area contributed by atoms with Gasteiger partial charge in [-0.2, -0.15) is 0 Å². The maximum Gasteiger partial charge on any atom is 0.270 e. The number of aryl methyl sites for hydroxylation is 2. The van der Waals surface area contributed by atoms with Gasteiger partial charge in [-0.3, -0.25) is 0 Å². The summed E-state index contributed by atoms with van der Waals surface area (Å²) in [5, 5.41) is 0. The van der Waals surface area contributed by atoms with Gasteiger partial charge in [-0.05, 0) is 36.0 Å². The average Bonchev–Trinajstić information content (AvgIpc) is 2.53. The van der Waals surface area contributed by atoms with Gasteiger partial charge in [0.25, 0.3) is 14.3 Å². The minimum absolute atomic E-state index is 0.572. The van der Waals surface area contributed by atoms with Gasteiger partial charge in [0.2, 0.25) is 0 Å². The van der Waals surface area contributed by atoms with E-state index >= 15 is 0 Å². The van der Waals surface area contributed by atoms with Gasteiger partial charge in [0, 0.05) is 6.07 Å². The summed E-state index contributed by atoms with van der Waals surface area (Å²) in [4.78, 5) is 0. The van der Waals surface area contributed by atoms with Crippen molar-refractivity contribution in [1.82, 2.24) is 0 Å². The molecular weight excluding hydrogens is 240 g/mol. The smallest absolute Gasteiger partial charge is 0.270 e. The molecule has 0 aliphatic rings. The summed E-state index contributed by atoms with van der Waals surface area (Å²) in [6, 6.07) is 2.03. The van der Waals surface area contributed by atoms with E-state index < -0.39 is 8.32 Å². The average molecular weight is 268 g/mol. The zero-order valence-corrected chi connectivity index (χ0v) is 14.1. The summed E-state index contributed by atoms with van der Waals surface area (Å²) in [5.74, 6) is 1.68. The van der Waals surface area contributed by atoms with Gasteiger partial charge in [0.1, 0.15) is 5.76 Å². The summed E-state index contributed by atoms with van der Waals surface area (Å²) in [5.41, 5.74) is 2.89. The lowest BCUT2D eigenvalue weighted by Gasteiger charge is -2.41. The third-order valence-electron chi connectivity index (χ3n) is 4.13. The Balaban J connectivity index is 3.12. The van der Waals surface area contributed by atoms with Crippen LogP contribution in [0.1, 0.15) is 52.9 Å². The molecule has 0 aliphatic heterocycles. The van der Waals surface area contributed by atoms with Gasteiger partial charge in [-0.1, -0.05) is 41.5 Å². The van der Waals surface area contributed by atoms with E-state index in [0.717, 1.165) is 5.76 Å². The van der Waals surface area contributed by atoms with Crippen molar-refractivity contribution in [2.75, 3.05) is 0 Å². The number of rotatable bonds is 5. The van der Waals surface area contributed by atoms with E-state index in [-0.39, 0.29) is 0 Å². The van der Waals surface area contributed by atoms with Crippen molar-refractivity contribution in [2.24, 2.45) is 0 Å². The van der Waals surface area contributed by atoms with E-state index in [1.54, 1.807) is 0 Å². The molecule has 0 saturated heterocycles. The van der Waals surface area contributed by atoms with Crippen molar-refractivity contribution in [3.63, 3.8) is 0 Å². The Bertz CT molecular complexity index is 350. The molecule has 0 fully saturated rings. The van der Waals surface area contributed by atoms with E-state index in [1.165, 1.54) is 5.56 Å². The summed E-state index contributed by atoms with van der Waals surface area (Å²) in [6.45, 7) is 17.8. The Kier molecular flexibility index (Phi) is 4.70. The molecule has 1 heterocycles. The summed E-state index contributed by atoms with van der Waals surface area (Å²) >= 11 is 0. The second-order valence-corrected chi connectivity index (χ2v) is 11.6. The lowest BCUT2D eigenvalue weighted by Crippen LogP contribution is -2.50. The van der Waals surface area contributed by atoms with E-state index in [1.807, 2.05) is 13.0 Å². The standard InChI is InChI=1S/C15H28O2Si/c1-10(2)18(11(3)4,12(5)6)17-15-9-13(7)14(8)16-15/h9-12H,1-8H3. The minimum Gasteiger partial charge on any atom is -0.518 e. The molecule has 0 aliphatic carbocycles. The third-order valence-corrected chi connectivity index (χ3v) is 10.1. The molecule has 0 N–H and O–H groups in total. The first-order valence-corrected chi connectivity index (χ1v) is 9.11. The molecule has 1 aromatic rings. The highest BCUT2D eigenvalue weighted by Gasteiger charge is 2.47. The first kappa shape index (κ1) is 15.4. The third kappa shape index (κ3) is 2.66. The van der Waals surface area contributed by atoms with E-state index in [0.29, 0.717) is 22.6 Å². The van der Waals surface area contributed by atoms with Gasteiger partial charge >= 0.3 is 0 Å². The van der Waals surface area contributed by atoms with E-state index in [9.17, 15) is 0 Å². The fraction of sp³-hybridized carbons (Fsp3) is 0.733. The number of furan rings is 1. The quantitative estimate of drug-likeness (QED) is 0.662. The Labute approximate surface area is 113 Å². The van der Waals surface area contributed by atoms with Gasteiger partial charge in [0.15, 0.2) is 0 Å². The highest BCUT2D eigenvalue weighted by molar-refractivity contribution is 6.78. The molecule has 1 aromatic heterocycles. The molecule has 0 bridgehead atoms. The van der Waals surface area contributed by atoms with Gasteiger partial charge in [-0.25, -0.2) is 0 Å². The van der Waals surface area contributed by atoms with Crippen LogP contribution < -0.4 is 4.43 Å². The van der Waals surface area contributed by atoms with Gasteiger partial charge in [-0.15, -0.1) is 0 Å². The van der Waals surface area contributed by atoms with Crippen LogP contribution in [0.5, 0.6) is 5.95 Å². The number of hydrogen-bond acceptors (Lipinski definition) is 2. The summed E-state index contributed by atoms with van der Waals surface area (Å²) < 4.78 is 12.2. The molecule has 3 heteroatoms. The predicted octanol–water partition coefficient (Wildman–Crippen LogP) is 5.45. The lowest BCUT2D eigenvalue weighted by molar-refractivity contribution is 0.349. The Hall–Kier alpha value is -0.703. The van der Waals surface area contributed by atoms with Crippen molar-refractivity contribution in [3.05, 3.63) is 17.4 Å². The topological polar surface area (TPSA) is 22.4 Å². The van der Waals surface area contributed by atoms with Crippen LogP contribution in [0, 0.1) is 13.8 Å². The molecule has 0 amide bonds. The van der Waals surface area contributed by atoms with Crippen LogP contribution >= 0.6 is 0 Å². The fourth-order valence-corrected chi connectivity index (χ4v) is 8.27. The largest absolute Gasteiger partial charge is 0.518 e. The summed E-state index contributed by atoms with van der Waals surface area (Å²) in [6.07, 6.45) is 0. The Morgan fingerprint density at radius 3 is 1.67 bits per heavy atom. The molecule has 0 spiro atoms. The zero-order valence-electron chi connectivity index (χ0n) is 13.1. The minimum atomic E-state index is -1.87. The van der Waals surface area contributed by atoms with Crippen LogP contribution in [0.25, 0.3) is 0 Å². The van der Waals surface area contributed by atoms with Gasteiger partial charge in [0.05, 0.1) is 0 Å². The molecule has 0 saturated carbocycles. The Morgan fingerprint density at radius 1 is 0.944 bits per heavy atom. The molecule has 104 valence electrons. The highest BCUT2D eigenvalue weighted by atomic mass is 28.4. The van der Waals surface area contributed by atoms with E-state index in [2.05, 4.69) is 48.5 Å². The lowest BCUT2D eigenvalue weighted by atomic mass is 10.3. The molecule has 0 aromatic carbocycles. The van der Waals surface area contributed by atoms with Crippen LogP contribution in [0.3, 0.4) is 0 Å². The van der Waals surface area contributed by atoms with Crippen LogP contribution in [0.2, 0.25) is 16.6 Å². The normalized spacial score (nSPS) is 12.8. The molecule has 1 rings (SSSR count). The van der Waals surface area contributed by atoms with Crippen LogP contribution in [-0.2, 0) is 0 Å². The van der Waals surface area contributed by atoms with Crippen molar-refractivity contribution in [3.8, 4) is 5.95 Å².